The maximum atomic E-state index is 13.8. The lowest BCUT2D eigenvalue weighted by Gasteiger charge is -2.35. The van der Waals surface area contributed by atoms with E-state index in [2.05, 4.69) is 10.3 Å². The third-order valence-corrected chi connectivity index (χ3v) is 5.34. The lowest BCUT2D eigenvalue weighted by molar-refractivity contribution is -0.120. The van der Waals surface area contributed by atoms with Crippen molar-refractivity contribution in [1.29, 1.82) is 0 Å². The van der Waals surface area contributed by atoms with E-state index in [-0.39, 0.29) is 29.3 Å². The average Bonchev–Trinajstić information content (AvgIpc) is 3.14. The van der Waals surface area contributed by atoms with E-state index in [1.807, 2.05) is 5.38 Å². The minimum atomic E-state index is -0.492. The van der Waals surface area contributed by atoms with Gasteiger partial charge in [0, 0.05) is 31.6 Å². The van der Waals surface area contributed by atoms with Crippen LogP contribution in [0.3, 0.4) is 0 Å². The monoisotopic (exact) mass is 361 g/mol. The lowest BCUT2D eigenvalue weighted by Crippen LogP contribution is -2.42. The van der Waals surface area contributed by atoms with Crippen molar-refractivity contribution in [1.82, 2.24) is 15.2 Å². The van der Waals surface area contributed by atoms with Gasteiger partial charge in [0.2, 0.25) is 5.91 Å². The predicted molar refractivity (Wildman–Crippen MR) is 93.7 cm³/mol. The molecule has 0 saturated carbocycles. The van der Waals surface area contributed by atoms with Crippen LogP contribution in [0.4, 0.5) is 4.39 Å². The molecule has 25 heavy (non-hydrogen) atoms. The lowest BCUT2D eigenvalue weighted by atomic mass is 9.89. The summed E-state index contributed by atoms with van der Waals surface area (Å²) >= 11 is 1.52. The standard InChI is InChI=1S/C18H20FN3O2S/c1-12(23)21-16(17-20-8-11-25-17)13-6-9-22(10-7-13)18(24)14-4-2-3-5-15(14)19/h2-5,8,11,13,16H,6-7,9-10H2,1H3,(H,21,23)/t16-/m1/s1. The van der Waals surface area contributed by atoms with Gasteiger partial charge in [0.05, 0.1) is 11.6 Å². The summed E-state index contributed by atoms with van der Waals surface area (Å²) in [5.41, 5.74) is 0.110. The van der Waals surface area contributed by atoms with Crippen LogP contribution in [-0.2, 0) is 4.79 Å². The van der Waals surface area contributed by atoms with E-state index in [1.165, 1.54) is 30.4 Å². The Kier molecular flexibility index (Phi) is 5.43. The Morgan fingerprint density at radius 1 is 1.32 bits per heavy atom. The van der Waals surface area contributed by atoms with Crippen LogP contribution in [0.2, 0.25) is 0 Å². The molecule has 0 bridgehead atoms. The van der Waals surface area contributed by atoms with Gasteiger partial charge in [0.1, 0.15) is 10.8 Å². The van der Waals surface area contributed by atoms with Crippen molar-refractivity contribution < 1.29 is 14.0 Å². The van der Waals surface area contributed by atoms with Gasteiger partial charge >= 0.3 is 0 Å². The summed E-state index contributed by atoms with van der Waals surface area (Å²) in [5, 5.41) is 5.76. The second kappa shape index (κ2) is 7.74. The van der Waals surface area contributed by atoms with Crippen LogP contribution < -0.4 is 5.32 Å². The average molecular weight is 361 g/mol. The van der Waals surface area contributed by atoms with Gasteiger partial charge in [0.25, 0.3) is 5.91 Å². The van der Waals surface area contributed by atoms with E-state index in [4.69, 9.17) is 0 Å². The maximum absolute atomic E-state index is 13.8. The number of thiazole rings is 1. The molecule has 1 aliphatic heterocycles. The van der Waals surface area contributed by atoms with Crippen LogP contribution in [-0.4, -0.2) is 34.8 Å². The number of carbonyl (C=O) groups excluding carboxylic acids is 2. The van der Waals surface area contributed by atoms with Crippen molar-refractivity contribution in [2.75, 3.05) is 13.1 Å². The highest BCUT2D eigenvalue weighted by molar-refractivity contribution is 7.09. The predicted octanol–water partition coefficient (Wildman–Crippen LogP) is 3.01. The van der Waals surface area contributed by atoms with Gasteiger partial charge in [-0.3, -0.25) is 9.59 Å². The molecule has 1 fully saturated rings. The van der Waals surface area contributed by atoms with Crippen molar-refractivity contribution in [3.63, 3.8) is 0 Å². The van der Waals surface area contributed by atoms with Crippen LogP contribution in [0.25, 0.3) is 0 Å². The van der Waals surface area contributed by atoms with E-state index in [9.17, 15) is 14.0 Å². The minimum Gasteiger partial charge on any atom is -0.347 e. The van der Waals surface area contributed by atoms with E-state index < -0.39 is 5.82 Å². The van der Waals surface area contributed by atoms with Crippen molar-refractivity contribution in [3.8, 4) is 0 Å². The van der Waals surface area contributed by atoms with Gasteiger partial charge in [-0.25, -0.2) is 9.37 Å². The molecule has 2 aromatic rings. The van der Waals surface area contributed by atoms with Gasteiger partial charge < -0.3 is 10.2 Å². The number of hydrogen-bond acceptors (Lipinski definition) is 4. The number of nitrogens with zero attached hydrogens (tertiary/aromatic N) is 2. The summed E-state index contributed by atoms with van der Waals surface area (Å²) in [6.07, 6.45) is 3.21. The first-order chi connectivity index (χ1) is 12.1. The Balaban J connectivity index is 1.67. The van der Waals surface area contributed by atoms with Gasteiger partial charge in [-0.15, -0.1) is 11.3 Å². The topological polar surface area (TPSA) is 62.3 Å². The summed E-state index contributed by atoms with van der Waals surface area (Å²) in [5.74, 6) is -0.653. The number of nitrogens with one attached hydrogen (secondary N) is 1. The number of carbonyl (C=O) groups is 2. The summed E-state index contributed by atoms with van der Waals surface area (Å²) in [6, 6.07) is 5.92. The van der Waals surface area contributed by atoms with Crippen molar-refractivity contribution in [3.05, 3.63) is 52.2 Å². The molecule has 0 unspecified atom stereocenters. The molecule has 1 aromatic heterocycles. The number of rotatable bonds is 4. The number of benzene rings is 1. The highest BCUT2D eigenvalue weighted by Gasteiger charge is 2.32. The number of piperidine rings is 1. The Morgan fingerprint density at radius 3 is 2.64 bits per heavy atom. The summed E-state index contributed by atoms with van der Waals surface area (Å²) < 4.78 is 13.8. The molecular formula is C18H20FN3O2S. The van der Waals surface area contributed by atoms with Crippen molar-refractivity contribution in [2.24, 2.45) is 5.92 Å². The van der Waals surface area contributed by atoms with Crippen LogP contribution in [0.15, 0.2) is 35.8 Å². The number of halogens is 1. The third kappa shape index (κ3) is 4.04. The molecule has 132 valence electrons. The second-order valence-corrected chi connectivity index (χ2v) is 7.08. The fraction of sp³-hybridized carbons (Fsp3) is 0.389. The van der Waals surface area contributed by atoms with Gasteiger partial charge in [0.15, 0.2) is 0 Å². The molecule has 1 N–H and O–H groups in total. The smallest absolute Gasteiger partial charge is 0.256 e. The van der Waals surface area contributed by atoms with Crippen LogP contribution in [0.5, 0.6) is 0 Å². The number of amides is 2. The van der Waals surface area contributed by atoms with Gasteiger partial charge in [-0.1, -0.05) is 12.1 Å². The molecule has 1 aliphatic rings. The molecule has 7 heteroatoms. The SMILES string of the molecule is CC(=O)N[C@@H](c1nccs1)C1CCN(C(=O)c2ccccc2F)CC1. The zero-order valence-corrected chi connectivity index (χ0v) is 14.8. The normalized spacial score (nSPS) is 16.5. The maximum Gasteiger partial charge on any atom is 0.256 e. The summed E-state index contributed by atoms with van der Waals surface area (Å²) in [6.45, 7) is 2.58. The van der Waals surface area contributed by atoms with E-state index in [0.29, 0.717) is 13.1 Å². The van der Waals surface area contributed by atoms with Gasteiger partial charge in [-0.05, 0) is 30.9 Å². The van der Waals surface area contributed by atoms with Crippen LogP contribution >= 0.6 is 11.3 Å². The fourth-order valence-electron chi connectivity index (χ4n) is 3.23. The zero-order chi connectivity index (χ0) is 17.8. The molecule has 1 aromatic carbocycles. The zero-order valence-electron chi connectivity index (χ0n) is 13.9. The molecule has 0 spiro atoms. The van der Waals surface area contributed by atoms with Crippen LogP contribution in [0.1, 0.15) is 41.2 Å². The van der Waals surface area contributed by atoms with Crippen molar-refractivity contribution >= 4 is 23.2 Å². The summed E-state index contributed by atoms with van der Waals surface area (Å²) in [7, 11) is 0. The largest absolute Gasteiger partial charge is 0.347 e. The number of aromatic nitrogens is 1. The first kappa shape index (κ1) is 17.5. The van der Waals surface area contributed by atoms with Gasteiger partial charge in [-0.2, -0.15) is 0 Å². The fourth-order valence-corrected chi connectivity index (χ4v) is 4.01. The third-order valence-electron chi connectivity index (χ3n) is 4.48. The molecule has 0 aliphatic carbocycles. The first-order valence-electron chi connectivity index (χ1n) is 8.26. The second-order valence-electron chi connectivity index (χ2n) is 6.16. The molecule has 2 amide bonds. The highest BCUT2D eigenvalue weighted by atomic mass is 32.1. The molecule has 5 nitrogen and oxygen atoms in total. The minimum absolute atomic E-state index is 0.0925. The molecular weight excluding hydrogens is 341 g/mol. The summed E-state index contributed by atoms with van der Waals surface area (Å²) in [4.78, 5) is 30.1. The Hall–Kier alpha value is -2.28. The quantitative estimate of drug-likeness (QED) is 0.911. The molecule has 1 atom stereocenters. The van der Waals surface area contributed by atoms with E-state index in [0.717, 1.165) is 17.8 Å². The van der Waals surface area contributed by atoms with E-state index in [1.54, 1.807) is 23.2 Å². The first-order valence-corrected chi connectivity index (χ1v) is 9.14. The van der Waals surface area contributed by atoms with Crippen molar-refractivity contribution in [2.45, 2.75) is 25.8 Å². The molecule has 0 radical (unpaired) electrons. The van der Waals surface area contributed by atoms with Crippen LogP contribution in [0, 0.1) is 11.7 Å². The molecule has 3 rings (SSSR count). The number of likely N-dealkylation sites (tertiary alicyclic amines) is 1. The Labute approximate surface area is 149 Å². The number of hydrogen-bond donors (Lipinski definition) is 1. The highest BCUT2D eigenvalue weighted by Crippen LogP contribution is 2.32. The Morgan fingerprint density at radius 2 is 2.04 bits per heavy atom. The molecule has 1 saturated heterocycles. The molecule has 2 heterocycles. The Bertz CT molecular complexity index is 743. The van der Waals surface area contributed by atoms with E-state index >= 15 is 0 Å².